The summed E-state index contributed by atoms with van der Waals surface area (Å²) in [4.78, 5) is 25.5. The highest BCUT2D eigenvalue weighted by Crippen LogP contribution is 2.41. The van der Waals surface area contributed by atoms with Crippen LogP contribution in [-0.2, 0) is 14.3 Å². The molecule has 0 radical (unpaired) electrons. The van der Waals surface area contributed by atoms with Gasteiger partial charge in [-0.25, -0.2) is 4.79 Å². The van der Waals surface area contributed by atoms with Crippen molar-refractivity contribution in [1.29, 1.82) is 0 Å². The molecule has 2 aliphatic rings. The van der Waals surface area contributed by atoms with Gasteiger partial charge >= 0.3 is 5.97 Å². The normalized spacial score (nSPS) is 27.8. The molecule has 2 atom stereocenters. The lowest BCUT2D eigenvalue weighted by atomic mass is 9.82. The van der Waals surface area contributed by atoms with E-state index in [2.05, 4.69) is 0 Å². The SMILES string of the molecule is C[C@@H]1C(=O)N2C(C(=O)OC(C)(C)C)=C(Cl)CCC12. The second kappa shape index (κ2) is 4.26. The molecule has 2 aliphatic heterocycles. The van der Waals surface area contributed by atoms with Crippen molar-refractivity contribution in [3.8, 4) is 0 Å². The van der Waals surface area contributed by atoms with E-state index in [9.17, 15) is 9.59 Å². The molecule has 100 valence electrons. The van der Waals surface area contributed by atoms with E-state index in [-0.39, 0.29) is 23.6 Å². The van der Waals surface area contributed by atoms with Crippen LogP contribution in [0.25, 0.3) is 0 Å². The van der Waals surface area contributed by atoms with Gasteiger partial charge in [0.1, 0.15) is 11.3 Å². The molecule has 18 heavy (non-hydrogen) atoms. The molecule has 1 saturated heterocycles. The molecule has 0 aromatic carbocycles. The summed E-state index contributed by atoms with van der Waals surface area (Å²) in [6, 6.07) is 0.0996. The second-order valence-electron chi connectivity index (χ2n) is 5.86. The number of nitrogens with zero attached hydrogens (tertiary/aromatic N) is 1. The average molecular weight is 272 g/mol. The number of rotatable bonds is 1. The minimum atomic E-state index is -0.590. The Labute approximate surface area is 112 Å². The largest absolute Gasteiger partial charge is 0.455 e. The monoisotopic (exact) mass is 271 g/mol. The number of carbonyl (C=O) groups excluding carboxylic acids is 2. The number of hydrogen-bond acceptors (Lipinski definition) is 3. The highest BCUT2D eigenvalue weighted by molar-refractivity contribution is 6.32. The van der Waals surface area contributed by atoms with Gasteiger partial charge < -0.3 is 9.64 Å². The highest BCUT2D eigenvalue weighted by atomic mass is 35.5. The number of ether oxygens (including phenoxy) is 1. The van der Waals surface area contributed by atoms with Crippen LogP contribution in [0, 0.1) is 5.92 Å². The zero-order valence-electron chi connectivity index (χ0n) is 11.1. The molecule has 0 aromatic rings. The van der Waals surface area contributed by atoms with Gasteiger partial charge in [0, 0.05) is 11.1 Å². The molecule has 2 heterocycles. The molecule has 4 nitrogen and oxygen atoms in total. The van der Waals surface area contributed by atoms with Crippen molar-refractivity contribution < 1.29 is 14.3 Å². The Balaban J connectivity index is 2.25. The van der Waals surface area contributed by atoms with Gasteiger partial charge in [-0.3, -0.25) is 4.79 Å². The Morgan fingerprint density at radius 1 is 1.44 bits per heavy atom. The third kappa shape index (κ3) is 2.14. The van der Waals surface area contributed by atoms with E-state index < -0.39 is 11.6 Å². The summed E-state index contributed by atoms with van der Waals surface area (Å²) in [6.07, 6.45) is 1.45. The fraction of sp³-hybridized carbons (Fsp3) is 0.692. The molecule has 2 rings (SSSR count). The van der Waals surface area contributed by atoms with Gasteiger partial charge in [0.05, 0.1) is 5.92 Å². The van der Waals surface area contributed by atoms with Crippen LogP contribution in [0.3, 0.4) is 0 Å². The van der Waals surface area contributed by atoms with Gasteiger partial charge in [0.25, 0.3) is 0 Å². The van der Waals surface area contributed by atoms with Crippen LogP contribution >= 0.6 is 11.6 Å². The van der Waals surface area contributed by atoms with Crippen LogP contribution in [-0.4, -0.2) is 28.4 Å². The van der Waals surface area contributed by atoms with Gasteiger partial charge in [-0.2, -0.15) is 0 Å². The minimum absolute atomic E-state index is 0.0211. The summed E-state index contributed by atoms with van der Waals surface area (Å²) in [5, 5.41) is 0.431. The van der Waals surface area contributed by atoms with Crippen LogP contribution in [0.4, 0.5) is 0 Å². The first-order valence-electron chi connectivity index (χ1n) is 6.17. The van der Waals surface area contributed by atoms with Gasteiger partial charge in [0.15, 0.2) is 0 Å². The topological polar surface area (TPSA) is 46.6 Å². The van der Waals surface area contributed by atoms with E-state index in [0.717, 1.165) is 6.42 Å². The summed E-state index contributed by atoms with van der Waals surface area (Å²) in [5.41, 5.74) is -0.348. The lowest BCUT2D eigenvalue weighted by Gasteiger charge is -2.49. The van der Waals surface area contributed by atoms with Crippen LogP contribution in [0.2, 0.25) is 0 Å². The quantitative estimate of drug-likeness (QED) is 0.544. The van der Waals surface area contributed by atoms with E-state index in [0.29, 0.717) is 11.5 Å². The van der Waals surface area contributed by atoms with Crippen molar-refractivity contribution in [3.05, 3.63) is 10.7 Å². The number of halogens is 1. The number of hydrogen-bond donors (Lipinski definition) is 0. The van der Waals surface area contributed by atoms with Gasteiger partial charge in [-0.05, 0) is 33.6 Å². The lowest BCUT2D eigenvalue weighted by Crippen LogP contribution is -2.61. The van der Waals surface area contributed by atoms with Gasteiger partial charge in [-0.15, -0.1) is 0 Å². The molecule has 1 unspecified atom stereocenters. The Kier molecular flexibility index (Phi) is 3.18. The molecular formula is C13H18ClNO3. The third-order valence-corrected chi connectivity index (χ3v) is 3.65. The number of esters is 1. The fourth-order valence-corrected chi connectivity index (χ4v) is 2.68. The van der Waals surface area contributed by atoms with Gasteiger partial charge in [0.2, 0.25) is 5.91 Å². The lowest BCUT2D eigenvalue weighted by molar-refractivity contribution is -0.163. The molecule has 0 bridgehead atoms. The maximum atomic E-state index is 12.1. The fourth-order valence-electron chi connectivity index (χ4n) is 2.40. The number of fused-ring (bicyclic) bond motifs is 1. The highest BCUT2D eigenvalue weighted by Gasteiger charge is 2.50. The first-order valence-corrected chi connectivity index (χ1v) is 6.55. The maximum absolute atomic E-state index is 12.1. The van der Waals surface area contributed by atoms with E-state index in [1.165, 1.54) is 4.90 Å². The molecule has 1 amide bonds. The van der Waals surface area contributed by atoms with Crippen molar-refractivity contribution in [2.24, 2.45) is 5.92 Å². The first-order chi connectivity index (χ1) is 8.22. The van der Waals surface area contributed by atoms with E-state index in [1.807, 2.05) is 6.92 Å². The van der Waals surface area contributed by atoms with Crippen molar-refractivity contribution in [2.45, 2.75) is 52.2 Å². The molecule has 0 N–H and O–H groups in total. The summed E-state index contributed by atoms with van der Waals surface area (Å²) < 4.78 is 5.31. The number of β-lactam (4-membered cyclic amide) rings is 1. The third-order valence-electron chi connectivity index (χ3n) is 3.29. The molecular weight excluding hydrogens is 254 g/mol. The Hall–Kier alpha value is -1.03. The van der Waals surface area contributed by atoms with Crippen LogP contribution in [0.1, 0.15) is 40.5 Å². The Morgan fingerprint density at radius 3 is 2.61 bits per heavy atom. The van der Waals surface area contributed by atoms with Crippen molar-refractivity contribution in [1.82, 2.24) is 4.90 Å². The van der Waals surface area contributed by atoms with Crippen LogP contribution in [0.5, 0.6) is 0 Å². The number of amides is 1. The van der Waals surface area contributed by atoms with E-state index in [4.69, 9.17) is 16.3 Å². The minimum Gasteiger partial charge on any atom is -0.455 e. The smallest absolute Gasteiger partial charge is 0.356 e. The molecule has 0 aromatic heterocycles. The molecule has 0 aliphatic carbocycles. The molecule has 0 spiro atoms. The van der Waals surface area contributed by atoms with Gasteiger partial charge in [-0.1, -0.05) is 18.5 Å². The first kappa shape index (κ1) is 13.4. The predicted octanol–water partition coefficient (Wildman–Crippen LogP) is 2.42. The van der Waals surface area contributed by atoms with E-state index in [1.54, 1.807) is 20.8 Å². The maximum Gasteiger partial charge on any atom is 0.356 e. The summed E-state index contributed by atoms with van der Waals surface area (Å²) >= 11 is 6.10. The summed E-state index contributed by atoms with van der Waals surface area (Å²) in [6.45, 7) is 7.26. The Bertz CT molecular complexity index is 436. The van der Waals surface area contributed by atoms with Crippen LogP contribution in [0.15, 0.2) is 10.7 Å². The molecule has 5 heteroatoms. The second-order valence-corrected chi connectivity index (χ2v) is 6.31. The predicted molar refractivity (Wildman–Crippen MR) is 67.8 cm³/mol. The Morgan fingerprint density at radius 2 is 2.06 bits per heavy atom. The standard InChI is InChI=1S/C13H18ClNO3/c1-7-9-6-5-8(14)10(15(9)11(7)16)12(17)18-13(2,3)4/h7,9H,5-6H2,1-4H3/t7-,9?/m0/s1. The zero-order chi connectivity index (χ0) is 13.7. The number of carbonyl (C=O) groups is 2. The van der Waals surface area contributed by atoms with Crippen molar-refractivity contribution in [3.63, 3.8) is 0 Å². The summed E-state index contributed by atoms with van der Waals surface area (Å²) in [5.74, 6) is -0.566. The van der Waals surface area contributed by atoms with E-state index >= 15 is 0 Å². The van der Waals surface area contributed by atoms with Crippen LogP contribution < -0.4 is 0 Å². The summed E-state index contributed by atoms with van der Waals surface area (Å²) in [7, 11) is 0. The van der Waals surface area contributed by atoms with Crippen molar-refractivity contribution >= 4 is 23.5 Å². The average Bonchev–Trinajstić information content (AvgIpc) is 2.25. The molecule has 0 saturated carbocycles. The van der Waals surface area contributed by atoms with Crippen molar-refractivity contribution in [2.75, 3.05) is 0 Å². The number of allylic oxidation sites excluding steroid dienone is 1. The zero-order valence-corrected chi connectivity index (χ0v) is 11.9. The molecule has 1 fully saturated rings.